The highest BCUT2D eigenvalue weighted by Crippen LogP contribution is 2.25. The maximum Gasteiger partial charge on any atom is 0.145 e. The molecule has 1 aromatic carbocycles. The van der Waals surface area contributed by atoms with Gasteiger partial charge in [0, 0.05) is 0 Å². The van der Waals surface area contributed by atoms with Crippen LogP contribution < -0.4 is 4.74 Å². The second kappa shape index (κ2) is 4.23. The summed E-state index contributed by atoms with van der Waals surface area (Å²) in [7, 11) is 0. The fraction of sp³-hybridized carbons (Fsp3) is 0.538. The van der Waals surface area contributed by atoms with Crippen molar-refractivity contribution in [3.05, 3.63) is 29.3 Å². The second-order valence-electron chi connectivity index (χ2n) is 4.45. The Labute approximate surface area is 91.2 Å². The number of ether oxygens (including phenoxy) is 2. The fourth-order valence-corrected chi connectivity index (χ4v) is 1.79. The number of hydrogen-bond acceptors (Lipinski definition) is 2. The van der Waals surface area contributed by atoms with Crippen LogP contribution in [0, 0.1) is 6.92 Å². The molecule has 0 amide bonds. The highest BCUT2D eigenvalue weighted by molar-refractivity contribution is 5.36. The molecule has 1 fully saturated rings. The molecule has 0 aliphatic carbocycles. The summed E-state index contributed by atoms with van der Waals surface area (Å²) < 4.78 is 10.9. The largest absolute Gasteiger partial charge is 0.486 e. The summed E-state index contributed by atoms with van der Waals surface area (Å²) in [6, 6.07) is 6.32. The summed E-state index contributed by atoms with van der Waals surface area (Å²) in [6.45, 7) is 8.01. The predicted molar refractivity (Wildman–Crippen MR) is 60.5 cm³/mol. The van der Waals surface area contributed by atoms with Crippen LogP contribution in [0.3, 0.4) is 0 Å². The van der Waals surface area contributed by atoms with Gasteiger partial charge >= 0.3 is 0 Å². The number of rotatable bonds is 3. The normalized spacial score (nSPS) is 16.5. The van der Waals surface area contributed by atoms with E-state index >= 15 is 0 Å². The van der Waals surface area contributed by atoms with E-state index in [1.807, 2.05) is 6.07 Å². The van der Waals surface area contributed by atoms with E-state index in [-0.39, 0.29) is 6.10 Å². The molecule has 15 heavy (non-hydrogen) atoms. The van der Waals surface area contributed by atoms with Gasteiger partial charge in [0.25, 0.3) is 0 Å². The summed E-state index contributed by atoms with van der Waals surface area (Å²) in [4.78, 5) is 0. The average Bonchev–Trinajstić information content (AvgIpc) is 2.13. The van der Waals surface area contributed by atoms with Crippen molar-refractivity contribution in [2.24, 2.45) is 0 Å². The van der Waals surface area contributed by atoms with Gasteiger partial charge in [-0.05, 0) is 36.1 Å². The van der Waals surface area contributed by atoms with Crippen molar-refractivity contribution in [3.63, 3.8) is 0 Å². The second-order valence-corrected chi connectivity index (χ2v) is 4.45. The van der Waals surface area contributed by atoms with Gasteiger partial charge in [-0.3, -0.25) is 0 Å². The molecule has 2 nitrogen and oxygen atoms in total. The predicted octanol–water partition coefficient (Wildman–Crippen LogP) is 2.90. The van der Waals surface area contributed by atoms with Crippen molar-refractivity contribution in [2.75, 3.05) is 13.2 Å². The lowest BCUT2D eigenvalue weighted by molar-refractivity contribution is -0.0797. The van der Waals surface area contributed by atoms with Crippen LogP contribution in [0.4, 0.5) is 0 Å². The molecule has 0 atom stereocenters. The van der Waals surface area contributed by atoms with Gasteiger partial charge in [0.05, 0.1) is 13.2 Å². The Morgan fingerprint density at radius 3 is 2.60 bits per heavy atom. The van der Waals surface area contributed by atoms with E-state index in [2.05, 4.69) is 32.9 Å². The molecule has 1 aliphatic heterocycles. The van der Waals surface area contributed by atoms with Crippen molar-refractivity contribution >= 4 is 0 Å². The average molecular weight is 206 g/mol. The summed E-state index contributed by atoms with van der Waals surface area (Å²) >= 11 is 0. The van der Waals surface area contributed by atoms with Crippen molar-refractivity contribution in [3.8, 4) is 5.75 Å². The molecule has 1 heterocycles. The first kappa shape index (κ1) is 10.5. The molecule has 0 bridgehead atoms. The Morgan fingerprint density at radius 1 is 1.33 bits per heavy atom. The highest BCUT2D eigenvalue weighted by atomic mass is 16.6. The van der Waals surface area contributed by atoms with Crippen molar-refractivity contribution in [1.82, 2.24) is 0 Å². The Hall–Kier alpha value is -1.02. The van der Waals surface area contributed by atoms with Gasteiger partial charge in [-0.2, -0.15) is 0 Å². The number of aryl methyl sites for hydroxylation is 1. The van der Waals surface area contributed by atoms with Crippen LogP contribution in [0.1, 0.15) is 30.9 Å². The molecular weight excluding hydrogens is 188 g/mol. The smallest absolute Gasteiger partial charge is 0.145 e. The van der Waals surface area contributed by atoms with Gasteiger partial charge in [-0.1, -0.05) is 19.9 Å². The lowest BCUT2D eigenvalue weighted by atomic mass is 9.98. The van der Waals surface area contributed by atoms with E-state index in [1.54, 1.807) is 0 Å². The highest BCUT2D eigenvalue weighted by Gasteiger charge is 2.20. The van der Waals surface area contributed by atoms with E-state index in [0.717, 1.165) is 19.0 Å². The van der Waals surface area contributed by atoms with Gasteiger partial charge in [-0.15, -0.1) is 0 Å². The SMILES string of the molecule is Cc1ccc(OC2COC2)cc1C(C)C. The van der Waals surface area contributed by atoms with Gasteiger partial charge in [0.15, 0.2) is 0 Å². The molecule has 0 saturated carbocycles. The summed E-state index contributed by atoms with van der Waals surface area (Å²) in [5, 5.41) is 0. The molecule has 2 rings (SSSR count). The third kappa shape index (κ3) is 2.32. The molecule has 0 spiro atoms. The van der Waals surface area contributed by atoms with Gasteiger partial charge in [0.1, 0.15) is 11.9 Å². The molecule has 0 N–H and O–H groups in total. The summed E-state index contributed by atoms with van der Waals surface area (Å²) in [6.07, 6.45) is 0.257. The van der Waals surface area contributed by atoms with Gasteiger partial charge < -0.3 is 9.47 Å². The standard InChI is InChI=1S/C13H18O2/c1-9(2)13-6-11(5-4-10(13)3)15-12-7-14-8-12/h4-6,9,12H,7-8H2,1-3H3. The molecule has 0 aromatic heterocycles. The Morgan fingerprint density at radius 2 is 2.07 bits per heavy atom. The third-order valence-electron chi connectivity index (χ3n) is 2.78. The number of benzene rings is 1. The van der Waals surface area contributed by atoms with Gasteiger partial charge in [0.2, 0.25) is 0 Å². The third-order valence-corrected chi connectivity index (χ3v) is 2.78. The first-order chi connectivity index (χ1) is 7.16. The molecule has 0 unspecified atom stereocenters. The zero-order valence-electron chi connectivity index (χ0n) is 9.62. The molecule has 1 aliphatic rings. The zero-order chi connectivity index (χ0) is 10.8. The first-order valence-corrected chi connectivity index (χ1v) is 5.52. The molecular formula is C13H18O2. The van der Waals surface area contributed by atoms with Crippen LogP contribution in [0.5, 0.6) is 5.75 Å². The monoisotopic (exact) mass is 206 g/mol. The minimum absolute atomic E-state index is 0.257. The van der Waals surface area contributed by atoms with E-state index in [1.165, 1.54) is 11.1 Å². The minimum atomic E-state index is 0.257. The molecule has 82 valence electrons. The van der Waals surface area contributed by atoms with E-state index in [4.69, 9.17) is 9.47 Å². The van der Waals surface area contributed by atoms with Crippen LogP contribution in [-0.4, -0.2) is 19.3 Å². The minimum Gasteiger partial charge on any atom is -0.486 e. The summed E-state index contributed by atoms with van der Waals surface area (Å²) in [5.74, 6) is 1.52. The Kier molecular flexibility index (Phi) is 2.96. The van der Waals surface area contributed by atoms with Crippen LogP contribution in [0.15, 0.2) is 18.2 Å². The Bertz CT molecular complexity index is 340. The maximum absolute atomic E-state index is 5.77. The lowest BCUT2D eigenvalue weighted by Gasteiger charge is -2.27. The fourth-order valence-electron chi connectivity index (χ4n) is 1.79. The molecule has 2 heteroatoms. The van der Waals surface area contributed by atoms with Crippen molar-refractivity contribution in [2.45, 2.75) is 32.8 Å². The van der Waals surface area contributed by atoms with Crippen molar-refractivity contribution in [1.29, 1.82) is 0 Å². The van der Waals surface area contributed by atoms with Crippen LogP contribution in [-0.2, 0) is 4.74 Å². The topological polar surface area (TPSA) is 18.5 Å². The van der Waals surface area contributed by atoms with Gasteiger partial charge in [-0.25, -0.2) is 0 Å². The molecule has 0 radical (unpaired) electrons. The van der Waals surface area contributed by atoms with Crippen LogP contribution >= 0.6 is 0 Å². The number of hydrogen-bond donors (Lipinski definition) is 0. The lowest BCUT2D eigenvalue weighted by Crippen LogP contribution is -2.38. The van der Waals surface area contributed by atoms with Crippen molar-refractivity contribution < 1.29 is 9.47 Å². The summed E-state index contributed by atoms with van der Waals surface area (Å²) in [5.41, 5.74) is 2.70. The van der Waals surface area contributed by atoms with E-state index in [0.29, 0.717) is 5.92 Å². The quantitative estimate of drug-likeness (QED) is 0.757. The zero-order valence-corrected chi connectivity index (χ0v) is 9.62. The van der Waals surface area contributed by atoms with Crippen LogP contribution in [0.2, 0.25) is 0 Å². The van der Waals surface area contributed by atoms with E-state index < -0.39 is 0 Å². The molecule has 1 saturated heterocycles. The maximum atomic E-state index is 5.77. The van der Waals surface area contributed by atoms with E-state index in [9.17, 15) is 0 Å². The Balaban J connectivity index is 2.14. The molecule has 1 aromatic rings. The van der Waals surface area contributed by atoms with Crippen LogP contribution in [0.25, 0.3) is 0 Å². The first-order valence-electron chi connectivity index (χ1n) is 5.52.